The van der Waals surface area contributed by atoms with Gasteiger partial charge in [-0.25, -0.2) is 5.43 Å². The highest BCUT2D eigenvalue weighted by atomic mass is 16.6. The predicted octanol–water partition coefficient (Wildman–Crippen LogP) is 3.65. The van der Waals surface area contributed by atoms with Crippen LogP contribution in [0, 0.1) is 33.3 Å². The zero-order valence-electron chi connectivity index (χ0n) is 14.2. The molecule has 6 heteroatoms. The van der Waals surface area contributed by atoms with E-state index in [2.05, 4.69) is 10.5 Å². The molecule has 0 saturated heterocycles. The molecule has 4 saturated carbocycles. The predicted molar refractivity (Wildman–Crippen MR) is 94.1 cm³/mol. The van der Waals surface area contributed by atoms with Gasteiger partial charge in [0.1, 0.15) is 0 Å². The third-order valence-corrected chi connectivity index (χ3v) is 6.18. The highest BCUT2D eigenvalue weighted by molar-refractivity contribution is 5.83. The zero-order valence-corrected chi connectivity index (χ0v) is 14.2. The third-order valence-electron chi connectivity index (χ3n) is 6.18. The second kappa shape index (κ2) is 6.24. The van der Waals surface area contributed by atoms with Gasteiger partial charge in [0.25, 0.3) is 5.69 Å². The number of hydrogen-bond acceptors (Lipinski definition) is 4. The molecule has 0 radical (unpaired) electrons. The van der Waals surface area contributed by atoms with E-state index in [-0.39, 0.29) is 17.0 Å². The molecule has 1 amide bonds. The van der Waals surface area contributed by atoms with Gasteiger partial charge in [0.2, 0.25) is 5.91 Å². The van der Waals surface area contributed by atoms with Gasteiger partial charge in [0.15, 0.2) is 0 Å². The highest BCUT2D eigenvalue weighted by Gasteiger charge is 2.51. The maximum atomic E-state index is 12.4. The van der Waals surface area contributed by atoms with Gasteiger partial charge in [-0.05, 0) is 61.7 Å². The monoisotopic (exact) mass is 341 g/mol. The number of nitro groups is 1. The molecule has 1 aromatic carbocycles. The topological polar surface area (TPSA) is 84.6 Å². The van der Waals surface area contributed by atoms with Gasteiger partial charge in [-0.15, -0.1) is 0 Å². The number of hydrogen-bond donors (Lipinski definition) is 1. The van der Waals surface area contributed by atoms with Crippen molar-refractivity contribution in [3.05, 3.63) is 39.9 Å². The first-order chi connectivity index (χ1) is 12.0. The molecule has 4 aliphatic carbocycles. The Hall–Kier alpha value is -2.24. The van der Waals surface area contributed by atoms with E-state index in [9.17, 15) is 14.9 Å². The first kappa shape index (κ1) is 16.2. The zero-order chi connectivity index (χ0) is 17.4. The first-order valence-electron chi connectivity index (χ1n) is 9.08. The SMILES string of the molecule is O=C(CC12CC3CC(CC(C3)C1)C2)N/N=C/c1cccc([N+](=O)[O-])c1. The summed E-state index contributed by atoms with van der Waals surface area (Å²) in [5.74, 6) is 2.44. The van der Waals surface area contributed by atoms with Crippen molar-refractivity contribution in [1.82, 2.24) is 5.43 Å². The van der Waals surface area contributed by atoms with Crippen molar-refractivity contribution in [2.24, 2.45) is 28.3 Å². The molecule has 4 bridgehead atoms. The quantitative estimate of drug-likeness (QED) is 0.504. The lowest BCUT2D eigenvalue weighted by atomic mass is 9.49. The van der Waals surface area contributed by atoms with Crippen LogP contribution in [0.1, 0.15) is 50.5 Å². The number of benzene rings is 1. The Kier molecular flexibility index (Phi) is 4.06. The van der Waals surface area contributed by atoms with Crippen molar-refractivity contribution in [3.8, 4) is 0 Å². The molecule has 0 aromatic heterocycles. The summed E-state index contributed by atoms with van der Waals surface area (Å²) >= 11 is 0. The molecule has 4 aliphatic rings. The standard InChI is InChI=1S/C19H23N3O3/c23-18(21-20-12-13-2-1-3-17(7-13)22(24)25)11-19-8-14-4-15(9-19)6-16(5-14)10-19/h1-3,7,12,14-16H,4-6,8-11H2,(H,21,23)/b20-12+. The van der Waals surface area contributed by atoms with Gasteiger partial charge in [-0.1, -0.05) is 12.1 Å². The van der Waals surface area contributed by atoms with E-state index in [1.54, 1.807) is 12.1 Å². The summed E-state index contributed by atoms with van der Waals surface area (Å²) in [5.41, 5.74) is 3.43. The summed E-state index contributed by atoms with van der Waals surface area (Å²) in [6, 6.07) is 6.20. The lowest BCUT2D eigenvalue weighted by Gasteiger charge is -2.56. The number of carbonyl (C=O) groups is 1. The molecule has 25 heavy (non-hydrogen) atoms. The van der Waals surface area contributed by atoms with Crippen LogP contribution in [-0.2, 0) is 4.79 Å². The molecule has 1 N–H and O–H groups in total. The summed E-state index contributed by atoms with van der Waals surface area (Å²) in [6.45, 7) is 0. The first-order valence-corrected chi connectivity index (χ1v) is 9.08. The van der Waals surface area contributed by atoms with Crippen LogP contribution >= 0.6 is 0 Å². The van der Waals surface area contributed by atoms with Crippen molar-refractivity contribution < 1.29 is 9.72 Å². The van der Waals surface area contributed by atoms with Crippen LogP contribution in [0.3, 0.4) is 0 Å². The molecule has 6 nitrogen and oxygen atoms in total. The molecular weight excluding hydrogens is 318 g/mol. The summed E-state index contributed by atoms with van der Waals surface area (Å²) in [4.78, 5) is 22.7. The minimum atomic E-state index is -0.442. The minimum Gasteiger partial charge on any atom is -0.273 e. The summed E-state index contributed by atoms with van der Waals surface area (Å²) < 4.78 is 0. The normalized spacial score (nSPS) is 32.9. The van der Waals surface area contributed by atoms with E-state index < -0.39 is 4.92 Å². The van der Waals surface area contributed by atoms with Crippen molar-refractivity contribution >= 4 is 17.8 Å². The summed E-state index contributed by atoms with van der Waals surface area (Å²) in [5, 5.41) is 14.8. The van der Waals surface area contributed by atoms with Gasteiger partial charge in [-0.2, -0.15) is 5.10 Å². The van der Waals surface area contributed by atoms with Crippen LogP contribution in [0.5, 0.6) is 0 Å². The number of rotatable bonds is 5. The van der Waals surface area contributed by atoms with Crippen LogP contribution in [0.2, 0.25) is 0 Å². The second-order valence-corrected chi connectivity index (χ2v) is 8.24. The van der Waals surface area contributed by atoms with Crippen LogP contribution in [0.25, 0.3) is 0 Å². The van der Waals surface area contributed by atoms with E-state index >= 15 is 0 Å². The van der Waals surface area contributed by atoms with Gasteiger partial charge < -0.3 is 0 Å². The fourth-order valence-electron chi connectivity index (χ4n) is 5.78. The molecule has 0 spiro atoms. The highest BCUT2D eigenvalue weighted by Crippen LogP contribution is 2.61. The number of nitro benzene ring substituents is 1. The van der Waals surface area contributed by atoms with Gasteiger partial charge in [0.05, 0.1) is 11.1 Å². The lowest BCUT2D eigenvalue weighted by molar-refractivity contribution is -0.384. The number of nitrogens with zero attached hydrogens (tertiary/aromatic N) is 2. The molecule has 0 aliphatic heterocycles. The maximum Gasteiger partial charge on any atom is 0.270 e. The molecule has 0 unspecified atom stereocenters. The summed E-state index contributed by atoms with van der Waals surface area (Å²) in [6.07, 6.45) is 9.71. The number of nitrogens with one attached hydrogen (secondary N) is 1. The van der Waals surface area contributed by atoms with Crippen molar-refractivity contribution in [2.45, 2.75) is 44.9 Å². The van der Waals surface area contributed by atoms with Crippen LogP contribution < -0.4 is 5.43 Å². The second-order valence-electron chi connectivity index (χ2n) is 8.24. The Bertz CT molecular complexity index is 693. The average Bonchev–Trinajstić information content (AvgIpc) is 2.53. The van der Waals surface area contributed by atoms with Crippen LogP contribution in [0.15, 0.2) is 29.4 Å². The smallest absolute Gasteiger partial charge is 0.270 e. The Labute approximate surface area is 146 Å². The summed E-state index contributed by atoms with van der Waals surface area (Å²) in [7, 11) is 0. The van der Waals surface area contributed by atoms with E-state index in [1.165, 1.54) is 56.9 Å². The van der Waals surface area contributed by atoms with E-state index in [1.807, 2.05) is 0 Å². The largest absolute Gasteiger partial charge is 0.273 e. The molecule has 0 atom stereocenters. The lowest BCUT2D eigenvalue weighted by Crippen LogP contribution is -2.47. The molecule has 5 rings (SSSR count). The molecule has 0 heterocycles. The Morgan fingerprint density at radius 1 is 1.24 bits per heavy atom. The maximum absolute atomic E-state index is 12.4. The van der Waals surface area contributed by atoms with E-state index in [0.29, 0.717) is 12.0 Å². The molecule has 1 aromatic rings. The van der Waals surface area contributed by atoms with Gasteiger partial charge >= 0.3 is 0 Å². The van der Waals surface area contributed by atoms with Gasteiger partial charge in [0, 0.05) is 24.1 Å². The third kappa shape index (κ3) is 3.43. The van der Waals surface area contributed by atoms with E-state index in [4.69, 9.17) is 0 Å². The fourth-order valence-corrected chi connectivity index (χ4v) is 5.78. The fraction of sp³-hybridized carbons (Fsp3) is 0.579. The minimum absolute atomic E-state index is 0.0174. The number of hydrazone groups is 1. The van der Waals surface area contributed by atoms with Gasteiger partial charge in [-0.3, -0.25) is 14.9 Å². The number of carbonyl (C=O) groups excluding carboxylic acids is 1. The van der Waals surface area contributed by atoms with Crippen LogP contribution in [-0.4, -0.2) is 17.0 Å². The average molecular weight is 341 g/mol. The Morgan fingerprint density at radius 2 is 1.88 bits per heavy atom. The Morgan fingerprint density at radius 3 is 2.48 bits per heavy atom. The van der Waals surface area contributed by atoms with Crippen molar-refractivity contribution in [1.29, 1.82) is 0 Å². The van der Waals surface area contributed by atoms with Crippen molar-refractivity contribution in [3.63, 3.8) is 0 Å². The van der Waals surface area contributed by atoms with Crippen molar-refractivity contribution in [2.75, 3.05) is 0 Å². The number of non-ortho nitro benzene ring substituents is 1. The molecule has 132 valence electrons. The Balaban J connectivity index is 1.35. The van der Waals surface area contributed by atoms with E-state index in [0.717, 1.165) is 17.8 Å². The molecular formula is C19H23N3O3. The van der Waals surface area contributed by atoms with Crippen LogP contribution in [0.4, 0.5) is 5.69 Å². The number of amides is 1. The molecule has 4 fully saturated rings.